The molecule has 1 amide bonds. The van der Waals surface area contributed by atoms with Gasteiger partial charge in [0.2, 0.25) is 0 Å². The maximum absolute atomic E-state index is 12.5. The van der Waals surface area contributed by atoms with Crippen LogP contribution in [0.2, 0.25) is 0 Å². The van der Waals surface area contributed by atoms with Crippen LogP contribution in [0.25, 0.3) is 0 Å². The summed E-state index contributed by atoms with van der Waals surface area (Å²) in [5, 5.41) is 23.0. The number of hydrogen-bond acceptors (Lipinski definition) is 4. The maximum atomic E-state index is 12.5. The summed E-state index contributed by atoms with van der Waals surface area (Å²) >= 11 is 0. The fourth-order valence-electron chi connectivity index (χ4n) is 6.22. The van der Waals surface area contributed by atoms with E-state index in [-0.39, 0.29) is 29.4 Å². The molecule has 0 aliphatic heterocycles. The second-order valence-corrected chi connectivity index (χ2v) is 9.21. The number of nitrogens with two attached hydrogens (primary N) is 1. The van der Waals surface area contributed by atoms with Crippen molar-refractivity contribution in [2.24, 2.45) is 17.6 Å². The second kappa shape index (κ2) is 6.45. The molecule has 3 aliphatic carbocycles. The lowest BCUT2D eigenvalue weighted by Gasteiger charge is -2.62. The first kappa shape index (κ1) is 19.2. The van der Waals surface area contributed by atoms with Crippen molar-refractivity contribution in [2.75, 3.05) is 0 Å². The van der Waals surface area contributed by atoms with Crippen LogP contribution in [0.3, 0.4) is 0 Å². The van der Waals surface area contributed by atoms with Gasteiger partial charge >= 0.3 is 0 Å². The van der Waals surface area contributed by atoms with Crippen LogP contribution in [0.1, 0.15) is 73.9 Å². The number of aliphatic hydroxyl groups is 1. The smallest absolute Gasteiger partial charge is 0.252 e. The highest BCUT2D eigenvalue weighted by atomic mass is 16.3. The lowest BCUT2D eigenvalue weighted by molar-refractivity contribution is -0.172. The predicted octanol–water partition coefficient (Wildman–Crippen LogP) is 3.15. The molecule has 2 saturated carbocycles. The van der Waals surface area contributed by atoms with Gasteiger partial charge in [0.15, 0.2) is 0 Å². The Morgan fingerprint density at radius 1 is 1.32 bits per heavy atom. The molecule has 4 atom stereocenters. The fourth-order valence-corrected chi connectivity index (χ4v) is 6.22. The Morgan fingerprint density at radius 2 is 2.07 bits per heavy atom. The van der Waals surface area contributed by atoms with Crippen LogP contribution in [0.4, 0.5) is 0 Å². The van der Waals surface area contributed by atoms with Gasteiger partial charge in [-0.3, -0.25) is 9.59 Å². The largest absolute Gasteiger partial charge is 0.507 e. The van der Waals surface area contributed by atoms with Gasteiger partial charge in [0, 0.05) is 23.8 Å². The second-order valence-electron chi connectivity index (χ2n) is 9.21. The van der Waals surface area contributed by atoms with E-state index in [1.165, 1.54) is 5.57 Å². The summed E-state index contributed by atoms with van der Waals surface area (Å²) in [5.41, 5.74) is 6.46. The number of benzene rings is 1. The van der Waals surface area contributed by atoms with Crippen LogP contribution in [0.15, 0.2) is 23.8 Å². The molecule has 0 saturated heterocycles. The van der Waals surface area contributed by atoms with Crippen molar-refractivity contribution < 1.29 is 19.8 Å². The summed E-state index contributed by atoms with van der Waals surface area (Å²) in [6.45, 7) is 4.17. The van der Waals surface area contributed by atoms with E-state index in [2.05, 4.69) is 19.9 Å². The summed E-state index contributed by atoms with van der Waals surface area (Å²) in [6.07, 6.45) is 6.34. The molecule has 2 bridgehead atoms. The molecule has 5 heteroatoms. The molecule has 0 radical (unpaired) electrons. The number of aromatic hydroxyl groups is 1. The van der Waals surface area contributed by atoms with E-state index in [9.17, 15) is 19.8 Å². The van der Waals surface area contributed by atoms with Crippen molar-refractivity contribution in [2.45, 2.75) is 69.8 Å². The van der Waals surface area contributed by atoms with Crippen LogP contribution in [-0.4, -0.2) is 27.5 Å². The Morgan fingerprint density at radius 3 is 2.75 bits per heavy atom. The van der Waals surface area contributed by atoms with E-state index < -0.39 is 16.9 Å². The van der Waals surface area contributed by atoms with Gasteiger partial charge in [-0.25, -0.2) is 0 Å². The normalized spacial score (nSPS) is 33.6. The summed E-state index contributed by atoms with van der Waals surface area (Å²) in [4.78, 5) is 24.3. The third-order valence-electron chi connectivity index (χ3n) is 7.51. The predicted molar refractivity (Wildman–Crippen MR) is 106 cm³/mol. The van der Waals surface area contributed by atoms with Crippen molar-refractivity contribution in [1.29, 1.82) is 0 Å². The lowest BCUT2D eigenvalue weighted by Crippen LogP contribution is -2.66. The van der Waals surface area contributed by atoms with E-state index in [0.29, 0.717) is 37.2 Å². The maximum Gasteiger partial charge on any atom is 0.252 e. The molecular formula is C23H29NO4. The minimum atomic E-state index is -1.04. The summed E-state index contributed by atoms with van der Waals surface area (Å²) in [5.74, 6) is -0.340. The molecule has 0 heterocycles. The number of Topliss-reactive ketones (excluding diaryl/α,β-unsaturated/α-hetero) is 1. The number of fused-ring (bicyclic) bond motifs is 1. The average Bonchev–Trinajstić information content (AvgIpc) is 2.61. The Labute approximate surface area is 165 Å². The van der Waals surface area contributed by atoms with E-state index in [1.54, 1.807) is 6.07 Å². The van der Waals surface area contributed by atoms with E-state index in [0.717, 1.165) is 18.4 Å². The molecular weight excluding hydrogens is 354 g/mol. The van der Waals surface area contributed by atoms with Crippen molar-refractivity contribution >= 4 is 11.7 Å². The molecule has 1 aromatic rings. The molecule has 28 heavy (non-hydrogen) atoms. The van der Waals surface area contributed by atoms with E-state index in [1.807, 2.05) is 6.07 Å². The van der Waals surface area contributed by atoms with Crippen molar-refractivity contribution in [3.63, 3.8) is 0 Å². The zero-order valence-electron chi connectivity index (χ0n) is 16.6. The van der Waals surface area contributed by atoms with Crippen molar-refractivity contribution in [1.82, 2.24) is 0 Å². The van der Waals surface area contributed by atoms with Crippen LogP contribution >= 0.6 is 0 Å². The molecule has 0 aromatic heterocycles. The minimum absolute atomic E-state index is 0.0382. The molecule has 5 nitrogen and oxygen atoms in total. The molecule has 0 spiro atoms. The quantitative estimate of drug-likeness (QED) is 0.698. The Balaban J connectivity index is 1.90. The number of primary amides is 1. The molecule has 150 valence electrons. The monoisotopic (exact) mass is 383 g/mol. The minimum Gasteiger partial charge on any atom is -0.507 e. The van der Waals surface area contributed by atoms with Crippen LogP contribution in [0, 0.1) is 11.8 Å². The standard InChI is InChI=1S/C23H29NO4/c1-13(2)3-4-14-7-9-22-12-16(25)8-10-23(22,28)18(14)11-15-5-6-17(21(24)27)20(26)19(15)22/h3,5-6,14,18,26,28H,4,7-12H2,1-2H3,(H2,24,27)/t14?,18-,22?,23+/m0/s1. The van der Waals surface area contributed by atoms with Crippen LogP contribution in [-0.2, 0) is 16.6 Å². The molecule has 2 fully saturated rings. The highest BCUT2D eigenvalue weighted by Gasteiger charge is 2.65. The van der Waals surface area contributed by atoms with Gasteiger partial charge in [0.1, 0.15) is 11.5 Å². The number of amides is 1. The third-order valence-corrected chi connectivity index (χ3v) is 7.51. The summed E-state index contributed by atoms with van der Waals surface area (Å²) < 4.78 is 0. The number of hydrogen-bond donors (Lipinski definition) is 3. The molecule has 1 aromatic carbocycles. The SMILES string of the molecule is CC(C)=CCC1CCC23CC(=O)CC[C@@]2(O)[C@H]1Cc1ccc(C(N)=O)c(O)c13. The third kappa shape index (κ3) is 2.55. The Kier molecular flexibility index (Phi) is 4.42. The lowest BCUT2D eigenvalue weighted by atomic mass is 9.43. The molecule has 4 rings (SSSR count). The topological polar surface area (TPSA) is 101 Å². The van der Waals surface area contributed by atoms with E-state index in [4.69, 9.17) is 5.73 Å². The molecule has 2 unspecified atom stereocenters. The van der Waals surface area contributed by atoms with Gasteiger partial charge in [0.05, 0.1) is 11.2 Å². The molecule has 3 aliphatic rings. The first-order chi connectivity index (χ1) is 13.2. The average molecular weight is 383 g/mol. The zero-order valence-corrected chi connectivity index (χ0v) is 16.6. The number of phenols is 1. The van der Waals surface area contributed by atoms with Crippen molar-refractivity contribution in [3.8, 4) is 5.75 Å². The van der Waals surface area contributed by atoms with Gasteiger partial charge in [-0.1, -0.05) is 17.7 Å². The first-order valence-corrected chi connectivity index (χ1v) is 10.2. The number of carbonyl (C=O) groups is 2. The zero-order chi connectivity index (χ0) is 20.3. The highest BCUT2D eigenvalue weighted by molar-refractivity contribution is 5.96. The van der Waals surface area contributed by atoms with Gasteiger partial charge in [0.25, 0.3) is 5.91 Å². The fraction of sp³-hybridized carbons (Fsp3) is 0.565. The van der Waals surface area contributed by atoms with Gasteiger partial charge < -0.3 is 15.9 Å². The first-order valence-electron chi connectivity index (χ1n) is 10.2. The van der Waals surface area contributed by atoms with Gasteiger partial charge in [-0.05, 0) is 69.4 Å². The van der Waals surface area contributed by atoms with E-state index >= 15 is 0 Å². The number of allylic oxidation sites excluding steroid dienone is 2. The number of carbonyl (C=O) groups excluding carboxylic acids is 2. The van der Waals surface area contributed by atoms with Crippen LogP contribution in [0.5, 0.6) is 5.75 Å². The Hall–Kier alpha value is -2.14. The molecule has 4 N–H and O–H groups in total. The number of ketones is 1. The van der Waals surface area contributed by atoms with Crippen molar-refractivity contribution in [3.05, 3.63) is 40.5 Å². The van der Waals surface area contributed by atoms with Crippen LogP contribution < -0.4 is 5.73 Å². The number of rotatable bonds is 3. The highest BCUT2D eigenvalue weighted by Crippen LogP contribution is 2.64. The van der Waals surface area contributed by atoms with Gasteiger partial charge in [-0.2, -0.15) is 0 Å². The Bertz CT molecular complexity index is 885. The summed E-state index contributed by atoms with van der Waals surface area (Å²) in [6, 6.07) is 3.43. The van der Waals surface area contributed by atoms with Gasteiger partial charge in [-0.15, -0.1) is 0 Å². The summed E-state index contributed by atoms with van der Waals surface area (Å²) in [7, 11) is 0.